The molecule has 0 unspecified atom stereocenters. The molecule has 2 rings (SSSR count). The van der Waals surface area contributed by atoms with E-state index in [0.717, 1.165) is 17.0 Å². The molecule has 0 aliphatic carbocycles. The molecule has 0 N–H and O–H groups in total. The molecule has 0 spiro atoms. The van der Waals surface area contributed by atoms with Gasteiger partial charge in [0.2, 0.25) is 5.82 Å². The summed E-state index contributed by atoms with van der Waals surface area (Å²) in [6.45, 7) is -0.181. The molecule has 122 valence electrons. The van der Waals surface area contributed by atoms with Gasteiger partial charge in [-0.15, -0.1) is 0 Å². The van der Waals surface area contributed by atoms with Gasteiger partial charge in [-0.25, -0.2) is 9.78 Å². The molecule has 0 aliphatic rings. The molecule has 1 heterocycles. The van der Waals surface area contributed by atoms with Gasteiger partial charge in [-0.2, -0.15) is 18.4 Å². The maximum absolute atomic E-state index is 13.0. The monoisotopic (exact) mass is 390 g/mol. The zero-order chi connectivity index (χ0) is 17.4. The number of hydrogen-bond donors (Lipinski definition) is 0. The zero-order valence-electron chi connectivity index (χ0n) is 12.0. The molecule has 0 atom stereocenters. The van der Waals surface area contributed by atoms with Gasteiger partial charge in [-0.05, 0) is 28.1 Å². The molecular formula is C13H10BrF3N4O2. The number of ether oxygens (including phenoxy) is 1. The SMILES string of the molecule is COC(=O)N(C)Cn1c(C#N)nc2c(Br)cc(C(F)(F)F)cc21. The predicted octanol–water partition coefficient (Wildman–Crippen LogP) is 3.34. The van der Waals surface area contributed by atoms with E-state index in [1.807, 2.05) is 0 Å². The number of methoxy groups -OCH3 is 1. The van der Waals surface area contributed by atoms with Crippen LogP contribution in [0.3, 0.4) is 0 Å². The maximum Gasteiger partial charge on any atom is 0.416 e. The number of benzene rings is 1. The standard InChI is InChI=1S/C13H10BrF3N4O2/c1-20(12(22)23-2)6-21-9-4-7(13(15,16)17)3-8(14)11(9)19-10(21)5-18/h3-4H,6H2,1-2H3. The number of carbonyl (C=O) groups is 1. The maximum atomic E-state index is 13.0. The Morgan fingerprint density at radius 2 is 2.17 bits per heavy atom. The first-order valence-corrected chi connectivity index (χ1v) is 6.94. The van der Waals surface area contributed by atoms with Crippen LogP contribution in [0.4, 0.5) is 18.0 Å². The summed E-state index contributed by atoms with van der Waals surface area (Å²) in [5, 5.41) is 9.14. The van der Waals surface area contributed by atoms with Crippen LogP contribution >= 0.6 is 15.9 Å². The fourth-order valence-corrected chi connectivity index (χ4v) is 2.54. The van der Waals surface area contributed by atoms with E-state index in [2.05, 4.69) is 25.7 Å². The molecule has 1 aromatic heterocycles. The van der Waals surface area contributed by atoms with Crippen LogP contribution in [0.15, 0.2) is 16.6 Å². The highest BCUT2D eigenvalue weighted by Crippen LogP contribution is 2.35. The van der Waals surface area contributed by atoms with Gasteiger partial charge in [0.25, 0.3) is 0 Å². The van der Waals surface area contributed by atoms with Gasteiger partial charge in [0.05, 0.1) is 18.2 Å². The Bertz CT molecular complexity index is 810. The van der Waals surface area contributed by atoms with Crippen LogP contribution in [0.1, 0.15) is 11.4 Å². The Balaban J connectivity index is 2.64. The lowest BCUT2D eigenvalue weighted by Crippen LogP contribution is -2.29. The van der Waals surface area contributed by atoms with Crippen molar-refractivity contribution in [1.29, 1.82) is 5.26 Å². The zero-order valence-corrected chi connectivity index (χ0v) is 13.6. The Kier molecular flexibility index (Phi) is 4.51. The number of halogens is 4. The normalized spacial score (nSPS) is 11.3. The first-order valence-electron chi connectivity index (χ1n) is 6.15. The van der Waals surface area contributed by atoms with Crippen molar-refractivity contribution >= 4 is 33.1 Å². The number of amides is 1. The van der Waals surface area contributed by atoms with Gasteiger partial charge in [0, 0.05) is 11.5 Å². The van der Waals surface area contributed by atoms with Crippen LogP contribution in [0, 0.1) is 11.3 Å². The lowest BCUT2D eigenvalue weighted by Gasteiger charge is -2.17. The van der Waals surface area contributed by atoms with E-state index in [-0.39, 0.29) is 28.0 Å². The fourth-order valence-electron chi connectivity index (χ4n) is 2.00. The molecule has 0 bridgehead atoms. The van der Waals surface area contributed by atoms with Crippen molar-refractivity contribution < 1.29 is 22.7 Å². The summed E-state index contributed by atoms with van der Waals surface area (Å²) in [6.07, 6.45) is -5.24. The van der Waals surface area contributed by atoms with Gasteiger partial charge in [-0.1, -0.05) is 0 Å². The van der Waals surface area contributed by atoms with Crippen LogP contribution in [-0.4, -0.2) is 34.7 Å². The lowest BCUT2D eigenvalue weighted by atomic mass is 10.2. The number of nitriles is 1. The highest BCUT2D eigenvalue weighted by Gasteiger charge is 2.32. The molecule has 1 aromatic carbocycles. The second-order valence-corrected chi connectivity index (χ2v) is 5.46. The predicted molar refractivity (Wildman–Crippen MR) is 77.3 cm³/mol. The molecule has 0 saturated heterocycles. The summed E-state index contributed by atoms with van der Waals surface area (Å²) in [7, 11) is 2.57. The molecule has 0 fully saturated rings. The Morgan fingerprint density at radius 3 is 2.70 bits per heavy atom. The molecular weight excluding hydrogens is 381 g/mol. The Hall–Kier alpha value is -2.28. The van der Waals surface area contributed by atoms with Crippen molar-refractivity contribution in [1.82, 2.24) is 14.5 Å². The minimum absolute atomic E-state index is 0.0824. The highest BCUT2D eigenvalue weighted by molar-refractivity contribution is 9.10. The topological polar surface area (TPSA) is 71.2 Å². The van der Waals surface area contributed by atoms with E-state index in [9.17, 15) is 18.0 Å². The summed E-state index contributed by atoms with van der Waals surface area (Å²) in [6, 6.07) is 3.59. The fraction of sp³-hybridized carbons (Fsp3) is 0.308. The van der Waals surface area contributed by atoms with Crippen molar-refractivity contribution in [2.75, 3.05) is 14.2 Å². The number of rotatable bonds is 2. The lowest BCUT2D eigenvalue weighted by molar-refractivity contribution is -0.137. The van der Waals surface area contributed by atoms with E-state index in [1.54, 1.807) is 6.07 Å². The summed E-state index contributed by atoms with van der Waals surface area (Å²) in [5.74, 6) is -0.115. The molecule has 2 aromatic rings. The van der Waals surface area contributed by atoms with E-state index in [1.165, 1.54) is 18.7 Å². The number of alkyl halides is 3. The second-order valence-electron chi connectivity index (χ2n) is 4.61. The summed E-state index contributed by atoms with van der Waals surface area (Å²) in [4.78, 5) is 16.6. The minimum Gasteiger partial charge on any atom is -0.453 e. The molecule has 23 heavy (non-hydrogen) atoms. The van der Waals surface area contributed by atoms with Crippen LogP contribution in [0.5, 0.6) is 0 Å². The van der Waals surface area contributed by atoms with Crippen LogP contribution in [0.2, 0.25) is 0 Å². The Labute approximate surface area is 137 Å². The molecule has 0 radical (unpaired) electrons. The second kappa shape index (κ2) is 6.08. The van der Waals surface area contributed by atoms with Crippen LogP contribution in [0.25, 0.3) is 11.0 Å². The van der Waals surface area contributed by atoms with Crippen molar-refractivity contribution in [3.05, 3.63) is 28.0 Å². The number of hydrogen-bond acceptors (Lipinski definition) is 4. The van der Waals surface area contributed by atoms with Crippen molar-refractivity contribution in [2.45, 2.75) is 12.8 Å². The Morgan fingerprint density at radius 1 is 1.52 bits per heavy atom. The first kappa shape index (κ1) is 17.1. The number of fused-ring (bicyclic) bond motifs is 1. The van der Waals surface area contributed by atoms with Crippen molar-refractivity contribution in [2.24, 2.45) is 0 Å². The van der Waals surface area contributed by atoms with E-state index in [0.29, 0.717) is 0 Å². The quantitative estimate of drug-likeness (QED) is 0.788. The third kappa shape index (κ3) is 3.24. The van der Waals surface area contributed by atoms with Gasteiger partial charge >= 0.3 is 12.3 Å². The minimum atomic E-state index is -4.55. The van der Waals surface area contributed by atoms with Gasteiger partial charge in [0.1, 0.15) is 18.3 Å². The summed E-state index contributed by atoms with van der Waals surface area (Å²) in [5.41, 5.74) is -0.602. The largest absolute Gasteiger partial charge is 0.453 e. The number of imidazole rings is 1. The average molecular weight is 391 g/mol. The molecule has 1 amide bonds. The van der Waals surface area contributed by atoms with E-state index < -0.39 is 17.8 Å². The number of aromatic nitrogens is 2. The number of carbonyl (C=O) groups excluding carboxylic acids is 1. The van der Waals surface area contributed by atoms with E-state index >= 15 is 0 Å². The highest BCUT2D eigenvalue weighted by atomic mass is 79.9. The first-order chi connectivity index (χ1) is 10.7. The third-order valence-corrected chi connectivity index (χ3v) is 3.68. The smallest absolute Gasteiger partial charge is 0.416 e. The van der Waals surface area contributed by atoms with Gasteiger partial charge in [-0.3, -0.25) is 9.47 Å². The molecule has 0 aliphatic heterocycles. The third-order valence-electron chi connectivity index (χ3n) is 3.07. The molecule has 6 nitrogen and oxygen atoms in total. The molecule has 0 saturated carbocycles. The van der Waals surface area contributed by atoms with Crippen molar-refractivity contribution in [3.63, 3.8) is 0 Å². The van der Waals surface area contributed by atoms with Crippen molar-refractivity contribution in [3.8, 4) is 6.07 Å². The number of nitrogens with zero attached hydrogens (tertiary/aromatic N) is 4. The van der Waals surface area contributed by atoms with E-state index in [4.69, 9.17) is 5.26 Å². The summed E-state index contributed by atoms with van der Waals surface area (Å²) >= 11 is 3.04. The van der Waals surface area contributed by atoms with Crippen LogP contribution in [-0.2, 0) is 17.6 Å². The summed E-state index contributed by atoms with van der Waals surface area (Å²) < 4.78 is 44.7. The van der Waals surface area contributed by atoms with Crippen LogP contribution < -0.4 is 0 Å². The van der Waals surface area contributed by atoms with Gasteiger partial charge < -0.3 is 4.74 Å². The average Bonchev–Trinajstić information content (AvgIpc) is 2.84. The van der Waals surface area contributed by atoms with Gasteiger partial charge in [0.15, 0.2) is 0 Å². The molecule has 10 heteroatoms.